The first kappa shape index (κ1) is 12.7. The summed E-state index contributed by atoms with van der Waals surface area (Å²) in [5.41, 5.74) is 0.684. The van der Waals surface area contributed by atoms with Crippen LogP contribution in [-0.4, -0.2) is 6.54 Å². The maximum absolute atomic E-state index is 13.6. The van der Waals surface area contributed by atoms with Gasteiger partial charge in [-0.05, 0) is 19.0 Å². The Hall–Kier alpha value is -1.40. The fraction of sp³-hybridized carbons (Fsp3) is 0.462. The van der Waals surface area contributed by atoms with Gasteiger partial charge in [-0.25, -0.2) is 4.39 Å². The molecule has 0 unspecified atom stereocenters. The molecule has 0 spiro atoms. The lowest BCUT2D eigenvalue weighted by atomic mass is 10.1. The molecule has 0 atom stereocenters. The molecule has 2 nitrogen and oxygen atoms in total. The standard InChI is InChI=1S/C13H17FN2/c1-2-3-4-8-16-10-12-7-5-6-11(9-15)13(12)14/h5-7,16H,2-4,8,10H2,1H3. The lowest BCUT2D eigenvalue weighted by Crippen LogP contribution is -2.15. The first-order valence-electron chi connectivity index (χ1n) is 5.67. The Morgan fingerprint density at radius 3 is 2.88 bits per heavy atom. The summed E-state index contributed by atoms with van der Waals surface area (Å²) in [6.45, 7) is 3.53. The summed E-state index contributed by atoms with van der Waals surface area (Å²) >= 11 is 0. The molecule has 1 aromatic rings. The summed E-state index contributed by atoms with van der Waals surface area (Å²) in [4.78, 5) is 0. The third kappa shape index (κ3) is 3.63. The number of hydrogen-bond donors (Lipinski definition) is 1. The fourth-order valence-electron chi connectivity index (χ4n) is 1.53. The number of rotatable bonds is 6. The van der Waals surface area contributed by atoms with E-state index < -0.39 is 5.82 Å². The second kappa shape index (κ2) is 6.97. The molecule has 0 heterocycles. The Labute approximate surface area is 96.1 Å². The normalized spacial score (nSPS) is 10.1. The second-order valence-electron chi connectivity index (χ2n) is 3.77. The van der Waals surface area contributed by atoms with Crippen molar-refractivity contribution in [3.8, 4) is 6.07 Å². The van der Waals surface area contributed by atoms with E-state index in [1.54, 1.807) is 12.1 Å². The highest BCUT2D eigenvalue weighted by atomic mass is 19.1. The van der Waals surface area contributed by atoms with E-state index in [1.807, 2.05) is 6.07 Å². The summed E-state index contributed by atoms with van der Waals surface area (Å²) in [6.07, 6.45) is 3.48. The van der Waals surface area contributed by atoms with Crippen molar-refractivity contribution in [2.45, 2.75) is 32.7 Å². The monoisotopic (exact) mass is 220 g/mol. The predicted octanol–water partition coefficient (Wildman–Crippen LogP) is 2.98. The Balaban J connectivity index is 2.45. The quantitative estimate of drug-likeness (QED) is 0.748. The van der Waals surface area contributed by atoms with E-state index in [-0.39, 0.29) is 5.56 Å². The summed E-state index contributed by atoms with van der Waals surface area (Å²) in [5.74, 6) is -0.395. The van der Waals surface area contributed by atoms with Crippen LogP contribution in [0, 0.1) is 17.1 Å². The minimum Gasteiger partial charge on any atom is -0.313 e. The highest BCUT2D eigenvalue weighted by Crippen LogP contribution is 2.11. The highest BCUT2D eigenvalue weighted by Gasteiger charge is 2.06. The Bertz CT molecular complexity index is 369. The molecule has 0 aliphatic heterocycles. The first-order valence-corrected chi connectivity index (χ1v) is 5.67. The smallest absolute Gasteiger partial charge is 0.145 e. The van der Waals surface area contributed by atoms with Crippen molar-refractivity contribution in [2.75, 3.05) is 6.54 Å². The van der Waals surface area contributed by atoms with E-state index >= 15 is 0 Å². The predicted molar refractivity (Wildman–Crippen MR) is 62.3 cm³/mol. The second-order valence-corrected chi connectivity index (χ2v) is 3.77. The van der Waals surface area contributed by atoms with Gasteiger partial charge in [0.25, 0.3) is 0 Å². The van der Waals surface area contributed by atoms with Gasteiger partial charge in [-0.15, -0.1) is 0 Å². The number of nitriles is 1. The number of nitrogens with one attached hydrogen (secondary N) is 1. The molecule has 0 aliphatic rings. The average molecular weight is 220 g/mol. The zero-order chi connectivity index (χ0) is 11.8. The van der Waals surface area contributed by atoms with Gasteiger partial charge in [0.15, 0.2) is 0 Å². The van der Waals surface area contributed by atoms with E-state index in [0.717, 1.165) is 13.0 Å². The van der Waals surface area contributed by atoms with Gasteiger partial charge in [-0.2, -0.15) is 5.26 Å². The van der Waals surface area contributed by atoms with E-state index in [0.29, 0.717) is 12.1 Å². The molecule has 16 heavy (non-hydrogen) atoms. The van der Waals surface area contributed by atoms with Gasteiger partial charge in [0, 0.05) is 12.1 Å². The van der Waals surface area contributed by atoms with Crippen LogP contribution in [0.4, 0.5) is 4.39 Å². The van der Waals surface area contributed by atoms with Gasteiger partial charge in [0.1, 0.15) is 11.9 Å². The summed E-state index contributed by atoms with van der Waals surface area (Å²) in [7, 11) is 0. The molecule has 1 aromatic carbocycles. The molecular formula is C13H17FN2. The summed E-state index contributed by atoms with van der Waals surface area (Å²) in [6, 6.07) is 6.76. The third-order valence-electron chi connectivity index (χ3n) is 2.47. The molecule has 1 rings (SSSR count). The van der Waals surface area contributed by atoms with Crippen molar-refractivity contribution < 1.29 is 4.39 Å². The molecule has 0 aliphatic carbocycles. The minimum atomic E-state index is -0.395. The van der Waals surface area contributed by atoms with Gasteiger partial charge >= 0.3 is 0 Å². The van der Waals surface area contributed by atoms with Gasteiger partial charge in [0.05, 0.1) is 5.56 Å². The molecule has 0 fully saturated rings. The molecule has 1 N–H and O–H groups in total. The minimum absolute atomic E-state index is 0.118. The van der Waals surface area contributed by atoms with Crippen molar-refractivity contribution in [2.24, 2.45) is 0 Å². The summed E-state index contributed by atoms with van der Waals surface area (Å²) < 4.78 is 13.6. The highest BCUT2D eigenvalue weighted by molar-refractivity contribution is 5.34. The average Bonchev–Trinajstić information content (AvgIpc) is 2.31. The Morgan fingerprint density at radius 1 is 1.38 bits per heavy atom. The van der Waals surface area contributed by atoms with Crippen LogP contribution in [-0.2, 0) is 6.54 Å². The molecule has 0 radical (unpaired) electrons. The molecule has 3 heteroatoms. The third-order valence-corrected chi connectivity index (χ3v) is 2.47. The van der Waals surface area contributed by atoms with Gasteiger partial charge < -0.3 is 5.32 Å². The van der Waals surface area contributed by atoms with E-state index in [4.69, 9.17) is 5.26 Å². The van der Waals surface area contributed by atoms with Gasteiger partial charge in [0.2, 0.25) is 0 Å². The van der Waals surface area contributed by atoms with Crippen LogP contribution < -0.4 is 5.32 Å². The largest absolute Gasteiger partial charge is 0.313 e. The summed E-state index contributed by atoms with van der Waals surface area (Å²) in [5, 5.41) is 11.9. The lowest BCUT2D eigenvalue weighted by Gasteiger charge is -2.06. The Morgan fingerprint density at radius 2 is 2.19 bits per heavy atom. The number of benzene rings is 1. The van der Waals surface area contributed by atoms with E-state index in [9.17, 15) is 4.39 Å². The fourth-order valence-corrected chi connectivity index (χ4v) is 1.53. The van der Waals surface area contributed by atoms with E-state index in [1.165, 1.54) is 18.9 Å². The van der Waals surface area contributed by atoms with E-state index in [2.05, 4.69) is 12.2 Å². The van der Waals surface area contributed by atoms with Crippen molar-refractivity contribution in [1.82, 2.24) is 5.32 Å². The topological polar surface area (TPSA) is 35.8 Å². The maximum atomic E-state index is 13.6. The van der Waals surface area contributed by atoms with Crippen LogP contribution in [0.25, 0.3) is 0 Å². The lowest BCUT2D eigenvalue weighted by molar-refractivity contribution is 0.571. The number of unbranched alkanes of at least 4 members (excludes halogenated alkanes) is 2. The first-order chi connectivity index (χ1) is 7.79. The van der Waals surface area contributed by atoms with Crippen molar-refractivity contribution in [3.63, 3.8) is 0 Å². The number of halogens is 1. The van der Waals surface area contributed by atoms with Crippen molar-refractivity contribution in [3.05, 3.63) is 35.1 Å². The molecular weight excluding hydrogens is 203 g/mol. The maximum Gasteiger partial charge on any atom is 0.145 e. The van der Waals surface area contributed by atoms with Crippen LogP contribution in [0.2, 0.25) is 0 Å². The van der Waals surface area contributed by atoms with Crippen molar-refractivity contribution in [1.29, 1.82) is 5.26 Å². The molecule has 86 valence electrons. The van der Waals surface area contributed by atoms with Crippen LogP contribution in [0.5, 0.6) is 0 Å². The van der Waals surface area contributed by atoms with Crippen LogP contribution in [0.1, 0.15) is 37.3 Å². The zero-order valence-electron chi connectivity index (χ0n) is 9.59. The molecule has 0 saturated carbocycles. The molecule has 0 aromatic heterocycles. The number of nitrogens with zero attached hydrogens (tertiary/aromatic N) is 1. The van der Waals surface area contributed by atoms with Crippen LogP contribution in [0.15, 0.2) is 18.2 Å². The SMILES string of the molecule is CCCCCNCc1cccc(C#N)c1F. The zero-order valence-corrected chi connectivity index (χ0v) is 9.59. The van der Waals surface area contributed by atoms with Crippen LogP contribution >= 0.6 is 0 Å². The molecule has 0 amide bonds. The Kier molecular flexibility index (Phi) is 5.52. The van der Waals surface area contributed by atoms with Crippen molar-refractivity contribution >= 4 is 0 Å². The van der Waals surface area contributed by atoms with Gasteiger partial charge in [-0.1, -0.05) is 31.9 Å². The van der Waals surface area contributed by atoms with Crippen LogP contribution in [0.3, 0.4) is 0 Å². The molecule has 0 saturated heterocycles. The molecule has 0 bridgehead atoms. The number of hydrogen-bond acceptors (Lipinski definition) is 2. The van der Waals surface area contributed by atoms with Gasteiger partial charge in [-0.3, -0.25) is 0 Å².